The van der Waals surface area contributed by atoms with Gasteiger partial charge in [0.1, 0.15) is 6.10 Å². The number of allylic oxidation sites excluding steroid dienone is 3. The summed E-state index contributed by atoms with van der Waals surface area (Å²) < 4.78 is 0. The Morgan fingerprint density at radius 1 is 1.10 bits per heavy atom. The van der Waals surface area contributed by atoms with E-state index in [0.717, 1.165) is 12.8 Å². The third-order valence-corrected chi connectivity index (χ3v) is 5.03. The number of rotatable bonds is 0. The lowest BCUT2D eigenvalue weighted by Crippen LogP contribution is -2.01. The van der Waals surface area contributed by atoms with Crippen molar-refractivity contribution in [1.82, 2.24) is 0 Å². The van der Waals surface area contributed by atoms with Crippen LogP contribution in [-0.4, -0.2) is 11.2 Å². The molecule has 0 heterocycles. The van der Waals surface area contributed by atoms with Crippen molar-refractivity contribution in [2.45, 2.75) is 65.9 Å². The fraction of sp³-hybridized carbons (Fsp3) is 0.684. The first-order chi connectivity index (χ1) is 9.41. The van der Waals surface area contributed by atoms with Gasteiger partial charge >= 0.3 is 0 Å². The van der Waals surface area contributed by atoms with Crippen molar-refractivity contribution >= 4 is 0 Å². The summed E-state index contributed by atoms with van der Waals surface area (Å²) in [6.07, 6.45) is 9.33. The lowest BCUT2D eigenvalue weighted by Gasteiger charge is -2.05. The molecule has 110 valence electrons. The zero-order valence-electron chi connectivity index (χ0n) is 13.4. The largest absolute Gasteiger partial charge is 0.380 e. The summed E-state index contributed by atoms with van der Waals surface area (Å²) in [5.41, 5.74) is 3.21. The maximum absolute atomic E-state index is 9.96. The van der Waals surface area contributed by atoms with Crippen molar-refractivity contribution in [3.05, 3.63) is 23.3 Å². The average molecular weight is 272 g/mol. The van der Waals surface area contributed by atoms with E-state index in [0.29, 0.717) is 23.7 Å². The van der Waals surface area contributed by atoms with E-state index in [1.54, 1.807) is 0 Å². The Bertz CT molecular complexity index is 470. The van der Waals surface area contributed by atoms with E-state index in [9.17, 15) is 5.11 Å². The van der Waals surface area contributed by atoms with E-state index >= 15 is 0 Å². The highest BCUT2D eigenvalue weighted by atomic mass is 16.3. The molecular formula is C19H28O. The molecule has 3 atom stereocenters. The molecule has 1 heteroatoms. The Kier molecular flexibility index (Phi) is 4.76. The Morgan fingerprint density at radius 2 is 1.80 bits per heavy atom. The molecule has 1 fully saturated rings. The maximum atomic E-state index is 9.96. The molecule has 0 aromatic carbocycles. The number of aliphatic hydroxyl groups excluding tert-OH is 1. The molecule has 0 aromatic heterocycles. The fourth-order valence-electron chi connectivity index (χ4n) is 3.26. The summed E-state index contributed by atoms with van der Waals surface area (Å²) in [7, 11) is 0. The zero-order chi connectivity index (χ0) is 14.8. The summed E-state index contributed by atoms with van der Waals surface area (Å²) in [6, 6.07) is 0. The predicted molar refractivity (Wildman–Crippen MR) is 85.1 cm³/mol. The predicted octanol–water partition coefficient (Wildman–Crippen LogP) is 4.48. The molecule has 2 aliphatic rings. The van der Waals surface area contributed by atoms with Gasteiger partial charge in [0.2, 0.25) is 0 Å². The van der Waals surface area contributed by atoms with E-state index in [4.69, 9.17) is 0 Å². The first-order valence-electron chi connectivity index (χ1n) is 7.91. The summed E-state index contributed by atoms with van der Waals surface area (Å²) in [5.74, 6) is 7.56. The molecule has 0 bridgehead atoms. The van der Waals surface area contributed by atoms with E-state index in [-0.39, 0.29) is 0 Å². The van der Waals surface area contributed by atoms with Gasteiger partial charge in [-0.05, 0) is 50.9 Å². The summed E-state index contributed by atoms with van der Waals surface area (Å²) in [6.45, 7) is 9.02. The van der Waals surface area contributed by atoms with Gasteiger partial charge in [-0.3, -0.25) is 0 Å². The van der Waals surface area contributed by atoms with Gasteiger partial charge < -0.3 is 5.11 Å². The Labute approximate surface area is 124 Å². The van der Waals surface area contributed by atoms with Gasteiger partial charge in [0, 0.05) is 12.3 Å². The third-order valence-electron chi connectivity index (χ3n) is 5.03. The highest BCUT2D eigenvalue weighted by molar-refractivity contribution is 5.24. The molecule has 2 rings (SSSR count). The van der Waals surface area contributed by atoms with E-state index in [1.165, 1.54) is 24.0 Å². The monoisotopic (exact) mass is 272 g/mol. The quantitative estimate of drug-likeness (QED) is 0.509. The van der Waals surface area contributed by atoms with Crippen LogP contribution >= 0.6 is 0 Å². The zero-order valence-corrected chi connectivity index (χ0v) is 13.4. The van der Waals surface area contributed by atoms with E-state index in [1.807, 2.05) is 0 Å². The molecular weight excluding hydrogens is 244 g/mol. The van der Waals surface area contributed by atoms with E-state index < -0.39 is 6.10 Å². The molecule has 20 heavy (non-hydrogen) atoms. The first kappa shape index (κ1) is 15.4. The van der Waals surface area contributed by atoms with Crippen LogP contribution in [0.25, 0.3) is 0 Å². The van der Waals surface area contributed by atoms with Crippen LogP contribution in [0.4, 0.5) is 0 Å². The van der Waals surface area contributed by atoms with Crippen molar-refractivity contribution in [3.63, 3.8) is 0 Å². The molecule has 2 aliphatic carbocycles. The number of hydrogen-bond acceptors (Lipinski definition) is 1. The first-order valence-corrected chi connectivity index (χ1v) is 7.91. The maximum Gasteiger partial charge on any atom is 0.118 e. The van der Waals surface area contributed by atoms with Gasteiger partial charge in [0.15, 0.2) is 0 Å². The molecule has 0 radical (unpaired) electrons. The number of hydrogen-bond donors (Lipinski definition) is 1. The van der Waals surface area contributed by atoms with Crippen molar-refractivity contribution in [3.8, 4) is 11.8 Å². The van der Waals surface area contributed by atoms with Crippen LogP contribution in [0, 0.1) is 29.1 Å². The third kappa shape index (κ3) is 3.76. The minimum absolute atomic E-state index is 0.332. The van der Waals surface area contributed by atoms with Crippen molar-refractivity contribution < 1.29 is 5.11 Å². The van der Waals surface area contributed by atoms with Crippen LogP contribution in [0.15, 0.2) is 23.3 Å². The fourth-order valence-corrected chi connectivity index (χ4v) is 3.26. The van der Waals surface area contributed by atoms with Crippen LogP contribution in [-0.2, 0) is 0 Å². The Hall–Kier alpha value is -1.00. The lowest BCUT2D eigenvalue weighted by molar-refractivity contribution is 0.236. The Morgan fingerprint density at radius 3 is 2.55 bits per heavy atom. The molecule has 0 aliphatic heterocycles. The van der Waals surface area contributed by atoms with Crippen LogP contribution < -0.4 is 0 Å². The molecule has 1 saturated carbocycles. The minimum Gasteiger partial charge on any atom is -0.380 e. The smallest absolute Gasteiger partial charge is 0.118 e. The van der Waals surface area contributed by atoms with Crippen LogP contribution in [0.5, 0.6) is 0 Å². The second kappa shape index (κ2) is 6.19. The van der Waals surface area contributed by atoms with Gasteiger partial charge in [-0.25, -0.2) is 0 Å². The van der Waals surface area contributed by atoms with Crippen LogP contribution in [0.1, 0.15) is 59.8 Å². The van der Waals surface area contributed by atoms with Gasteiger partial charge in [-0.1, -0.05) is 49.0 Å². The van der Waals surface area contributed by atoms with Crippen molar-refractivity contribution in [2.24, 2.45) is 17.3 Å². The average Bonchev–Trinajstić information content (AvgIpc) is 2.91. The topological polar surface area (TPSA) is 20.2 Å². The number of aliphatic hydroxyl groups is 1. The van der Waals surface area contributed by atoms with Gasteiger partial charge in [0.05, 0.1) is 0 Å². The van der Waals surface area contributed by atoms with Gasteiger partial charge in [-0.15, -0.1) is 0 Å². The molecule has 0 aromatic rings. The normalized spacial score (nSPS) is 39.0. The van der Waals surface area contributed by atoms with Gasteiger partial charge in [0.25, 0.3) is 0 Å². The lowest BCUT2D eigenvalue weighted by atomic mass is 10.0. The Balaban J connectivity index is 2.11. The minimum atomic E-state index is -0.498. The second-order valence-corrected chi connectivity index (χ2v) is 7.12. The molecule has 0 unspecified atom stereocenters. The SMILES string of the molecule is C/C1=C\C[C@@H](O)C#C[C@H]2[C@H](CC/C(C)=C/CC1)C2(C)C. The summed E-state index contributed by atoms with van der Waals surface area (Å²) in [4.78, 5) is 0. The van der Waals surface area contributed by atoms with E-state index in [2.05, 4.69) is 51.7 Å². The second-order valence-electron chi connectivity index (χ2n) is 7.12. The highest BCUT2D eigenvalue weighted by Gasteiger charge is 2.56. The molecule has 0 saturated heterocycles. The molecule has 1 N–H and O–H groups in total. The molecule has 0 amide bonds. The summed E-state index contributed by atoms with van der Waals surface area (Å²) in [5, 5.41) is 9.96. The van der Waals surface area contributed by atoms with Crippen molar-refractivity contribution in [1.29, 1.82) is 0 Å². The van der Waals surface area contributed by atoms with Gasteiger partial charge in [-0.2, -0.15) is 0 Å². The highest BCUT2D eigenvalue weighted by Crippen LogP contribution is 2.60. The van der Waals surface area contributed by atoms with Crippen LogP contribution in [0.2, 0.25) is 0 Å². The molecule has 1 nitrogen and oxygen atoms in total. The van der Waals surface area contributed by atoms with Crippen LogP contribution in [0.3, 0.4) is 0 Å². The number of fused-ring (bicyclic) bond motifs is 1. The standard InChI is InChI=1S/C19H28O/c1-14-6-5-7-15(2)9-12-17-18(19(17,3)4)13-11-16(20)10-8-14/h7-8,16-18,20H,5-6,9-10,12H2,1-4H3/b14-8+,15-7+/t16-,17+,18+/m1/s1. The molecule has 0 spiro atoms. The van der Waals surface area contributed by atoms with Crippen molar-refractivity contribution in [2.75, 3.05) is 0 Å². The summed E-state index contributed by atoms with van der Waals surface area (Å²) >= 11 is 0.